The molecule has 1 saturated carbocycles. The first-order valence-corrected chi connectivity index (χ1v) is 10.4. The van der Waals surface area contributed by atoms with E-state index in [1.807, 2.05) is 6.07 Å². The molecule has 8 heteroatoms. The summed E-state index contributed by atoms with van der Waals surface area (Å²) >= 11 is 0. The van der Waals surface area contributed by atoms with E-state index in [1.165, 1.54) is 0 Å². The van der Waals surface area contributed by atoms with E-state index in [0.29, 0.717) is 5.69 Å². The van der Waals surface area contributed by atoms with Gasteiger partial charge in [-0.25, -0.2) is 18.1 Å². The fourth-order valence-electron chi connectivity index (χ4n) is 3.07. The lowest BCUT2D eigenvalue weighted by molar-refractivity contribution is 0.498. The van der Waals surface area contributed by atoms with E-state index < -0.39 is 10.0 Å². The molecule has 3 N–H and O–H groups in total. The average Bonchev–Trinajstić information content (AvgIpc) is 3.46. The molecule has 0 unspecified atom stereocenters. The summed E-state index contributed by atoms with van der Waals surface area (Å²) in [6, 6.07) is 7.19. The molecule has 2 fully saturated rings. The third-order valence-electron chi connectivity index (χ3n) is 4.84. The maximum atomic E-state index is 12.4. The zero-order chi connectivity index (χ0) is 18.1. The highest BCUT2D eigenvalue weighted by atomic mass is 32.2. The fourth-order valence-corrected chi connectivity index (χ4v) is 4.42. The molecule has 1 aromatic carbocycles. The lowest BCUT2D eigenvalue weighted by atomic mass is 10.1. The number of rotatable bonds is 5. The predicted molar refractivity (Wildman–Crippen MR) is 100 cm³/mol. The van der Waals surface area contributed by atoms with Crippen LogP contribution < -0.4 is 15.4 Å². The van der Waals surface area contributed by atoms with Gasteiger partial charge in [-0.3, -0.25) is 4.98 Å². The SMILES string of the molecule is NC1CCN(c2cnc(-c3cccc(S(=O)(=O)NC4CC4)c3)cn2)CC1. The quantitative estimate of drug-likeness (QED) is 0.824. The van der Waals surface area contributed by atoms with E-state index >= 15 is 0 Å². The van der Waals surface area contributed by atoms with E-state index in [4.69, 9.17) is 5.73 Å². The van der Waals surface area contributed by atoms with Crippen molar-refractivity contribution in [1.82, 2.24) is 14.7 Å². The minimum Gasteiger partial charge on any atom is -0.355 e. The molecule has 26 heavy (non-hydrogen) atoms. The van der Waals surface area contributed by atoms with Gasteiger partial charge in [0.15, 0.2) is 0 Å². The Morgan fingerprint density at radius 1 is 1.08 bits per heavy atom. The third-order valence-corrected chi connectivity index (χ3v) is 6.36. The first-order chi connectivity index (χ1) is 12.5. The van der Waals surface area contributed by atoms with Crippen molar-refractivity contribution in [2.24, 2.45) is 5.73 Å². The lowest BCUT2D eigenvalue weighted by Gasteiger charge is -2.30. The van der Waals surface area contributed by atoms with Crippen molar-refractivity contribution in [2.45, 2.75) is 42.7 Å². The molecule has 1 aliphatic heterocycles. The molecule has 0 amide bonds. The van der Waals surface area contributed by atoms with Gasteiger partial charge in [0.2, 0.25) is 10.0 Å². The molecule has 1 aromatic heterocycles. The molecule has 2 heterocycles. The van der Waals surface area contributed by atoms with E-state index in [1.54, 1.807) is 30.6 Å². The van der Waals surface area contributed by atoms with Crippen molar-refractivity contribution in [3.8, 4) is 11.3 Å². The first-order valence-electron chi connectivity index (χ1n) is 8.96. The second-order valence-electron chi connectivity index (χ2n) is 7.01. The molecular formula is C18H23N5O2S. The van der Waals surface area contributed by atoms with E-state index in [2.05, 4.69) is 19.6 Å². The molecule has 2 aliphatic rings. The lowest BCUT2D eigenvalue weighted by Crippen LogP contribution is -2.40. The van der Waals surface area contributed by atoms with Crippen LogP contribution in [0, 0.1) is 0 Å². The van der Waals surface area contributed by atoms with Crippen molar-refractivity contribution >= 4 is 15.8 Å². The van der Waals surface area contributed by atoms with Crippen molar-refractivity contribution in [1.29, 1.82) is 0 Å². The zero-order valence-electron chi connectivity index (χ0n) is 14.5. The summed E-state index contributed by atoms with van der Waals surface area (Å²) in [7, 11) is -3.48. The number of nitrogens with one attached hydrogen (secondary N) is 1. The molecule has 138 valence electrons. The highest BCUT2D eigenvalue weighted by Gasteiger charge is 2.28. The Labute approximate surface area is 153 Å². The molecule has 0 atom stereocenters. The molecule has 0 radical (unpaired) electrons. The minimum atomic E-state index is -3.48. The van der Waals surface area contributed by atoms with Gasteiger partial charge in [-0.15, -0.1) is 0 Å². The van der Waals surface area contributed by atoms with Crippen LogP contribution in [-0.2, 0) is 10.0 Å². The van der Waals surface area contributed by atoms with Crippen LogP contribution in [0.25, 0.3) is 11.3 Å². The normalized spacial score (nSPS) is 18.9. The molecular weight excluding hydrogens is 350 g/mol. The number of nitrogens with two attached hydrogens (primary N) is 1. The highest BCUT2D eigenvalue weighted by Crippen LogP contribution is 2.25. The summed E-state index contributed by atoms with van der Waals surface area (Å²) in [5, 5.41) is 0. The van der Waals surface area contributed by atoms with Crippen LogP contribution in [-0.4, -0.2) is 43.6 Å². The number of nitrogens with zero attached hydrogens (tertiary/aromatic N) is 3. The largest absolute Gasteiger partial charge is 0.355 e. The van der Waals surface area contributed by atoms with Gasteiger partial charge in [0.05, 0.1) is 23.0 Å². The Balaban J connectivity index is 1.53. The third kappa shape index (κ3) is 3.87. The van der Waals surface area contributed by atoms with Crippen LogP contribution in [0.1, 0.15) is 25.7 Å². The van der Waals surface area contributed by atoms with Crippen LogP contribution in [0.5, 0.6) is 0 Å². The molecule has 7 nitrogen and oxygen atoms in total. The van der Waals surface area contributed by atoms with Crippen LogP contribution in [0.3, 0.4) is 0 Å². The predicted octanol–water partition coefficient (Wildman–Crippen LogP) is 1.51. The van der Waals surface area contributed by atoms with E-state index in [9.17, 15) is 8.42 Å². The number of sulfonamides is 1. The van der Waals surface area contributed by atoms with Crippen LogP contribution in [0.4, 0.5) is 5.82 Å². The Hall–Kier alpha value is -2.03. The Bertz CT molecular complexity index is 873. The average molecular weight is 373 g/mol. The summed E-state index contributed by atoms with van der Waals surface area (Å²) in [4.78, 5) is 11.4. The van der Waals surface area contributed by atoms with Gasteiger partial charge >= 0.3 is 0 Å². The number of aromatic nitrogens is 2. The van der Waals surface area contributed by atoms with Gasteiger partial charge in [-0.2, -0.15) is 0 Å². The number of anilines is 1. The molecule has 2 aromatic rings. The second-order valence-corrected chi connectivity index (χ2v) is 8.72. The Morgan fingerprint density at radius 3 is 2.50 bits per heavy atom. The topological polar surface area (TPSA) is 101 Å². The summed E-state index contributed by atoms with van der Waals surface area (Å²) in [6.07, 6.45) is 7.18. The van der Waals surface area contributed by atoms with Crippen molar-refractivity contribution in [2.75, 3.05) is 18.0 Å². The van der Waals surface area contributed by atoms with Crippen LogP contribution >= 0.6 is 0 Å². The summed E-state index contributed by atoms with van der Waals surface area (Å²) in [5.74, 6) is 0.833. The molecule has 4 rings (SSSR count). The van der Waals surface area contributed by atoms with Gasteiger partial charge in [-0.1, -0.05) is 12.1 Å². The Morgan fingerprint density at radius 2 is 1.85 bits per heavy atom. The molecule has 0 spiro atoms. The maximum Gasteiger partial charge on any atom is 0.240 e. The van der Waals surface area contributed by atoms with Gasteiger partial charge < -0.3 is 10.6 Å². The molecule has 1 aliphatic carbocycles. The number of hydrogen-bond donors (Lipinski definition) is 2. The van der Waals surface area contributed by atoms with Gasteiger partial charge in [-0.05, 0) is 37.8 Å². The van der Waals surface area contributed by atoms with Crippen molar-refractivity contribution < 1.29 is 8.42 Å². The smallest absolute Gasteiger partial charge is 0.240 e. The summed E-state index contributed by atoms with van der Waals surface area (Å²) in [5.41, 5.74) is 7.34. The van der Waals surface area contributed by atoms with Gasteiger partial charge in [0.1, 0.15) is 5.82 Å². The van der Waals surface area contributed by atoms with E-state index in [-0.39, 0.29) is 17.0 Å². The Kier molecular flexibility index (Phi) is 4.64. The number of piperidine rings is 1. The molecule has 0 bridgehead atoms. The van der Waals surface area contributed by atoms with E-state index in [0.717, 1.165) is 50.2 Å². The minimum absolute atomic E-state index is 0.0837. The number of hydrogen-bond acceptors (Lipinski definition) is 6. The molecule has 1 saturated heterocycles. The van der Waals surface area contributed by atoms with Crippen LogP contribution in [0.15, 0.2) is 41.6 Å². The van der Waals surface area contributed by atoms with Gasteiger partial charge in [0.25, 0.3) is 0 Å². The summed E-state index contributed by atoms with van der Waals surface area (Å²) in [6.45, 7) is 1.77. The zero-order valence-corrected chi connectivity index (χ0v) is 15.3. The number of benzene rings is 1. The second kappa shape index (κ2) is 6.94. The van der Waals surface area contributed by atoms with Crippen molar-refractivity contribution in [3.05, 3.63) is 36.7 Å². The van der Waals surface area contributed by atoms with Gasteiger partial charge in [0, 0.05) is 30.7 Å². The summed E-state index contributed by atoms with van der Waals surface area (Å²) < 4.78 is 27.5. The highest BCUT2D eigenvalue weighted by molar-refractivity contribution is 7.89. The van der Waals surface area contributed by atoms with Crippen molar-refractivity contribution in [3.63, 3.8) is 0 Å². The van der Waals surface area contributed by atoms with Crippen LogP contribution in [0.2, 0.25) is 0 Å². The standard InChI is InChI=1S/C18H23N5O2S/c19-14-6-8-23(9-7-14)18-12-20-17(11-21-18)13-2-1-3-16(10-13)26(24,25)22-15-4-5-15/h1-3,10-12,14-15,22H,4-9,19H2. The first kappa shape index (κ1) is 17.4. The monoisotopic (exact) mass is 373 g/mol. The maximum absolute atomic E-state index is 12.4. The fraction of sp³-hybridized carbons (Fsp3) is 0.444.